The number of unbranched alkanes of at least 4 members (excludes halogenated alkanes) is 4. The summed E-state index contributed by atoms with van der Waals surface area (Å²) < 4.78 is 16.3. The van der Waals surface area contributed by atoms with Gasteiger partial charge < -0.3 is 19.5 Å². The molecule has 0 bridgehead atoms. The molecule has 0 aromatic heterocycles. The Kier molecular flexibility index (Phi) is 11.5. The van der Waals surface area contributed by atoms with E-state index in [2.05, 4.69) is 12.2 Å². The Bertz CT molecular complexity index is 737. The number of nitrogens with zero attached hydrogens (tertiary/aromatic N) is 1. The summed E-state index contributed by atoms with van der Waals surface area (Å²) in [4.78, 5) is 52.4. The third kappa shape index (κ3) is 10.9. The van der Waals surface area contributed by atoms with Crippen molar-refractivity contribution in [3.63, 3.8) is 0 Å². The first-order chi connectivity index (χ1) is 16.1. The zero-order chi connectivity index (χ0) is 27.0. The minimum Gasteiger partial charge on any atom is -0.458 e. The highest BCUT2D eigenvalue weighted by Gasteiger charge is 2.50. The second-order valence-electron chi connectivity index (χ2n) is 11.6. The van der Waals surface area contributed by atoms with Crippen molar-refractivity contribution < 1.29 is 33.4 Å². The lowest BCUT2D eigenvalue weighted by Crippen LogP contribution is -2.52. The highest BCUT2D eigenvalue weighted by atomic mass is 16.6. The molecule has 3 amide bonds. The number of amides is 3. The van der Waals surface area contributed by atoms with Crippen molar-refractivity contribution in [2.24, 2.45) is 5.92 Å². The number of esters is 1. The molecule has 0 aromatic rings. The van der Waals surface area contributed by atoms with Crippen LogP contribution in [0.25, 0.3) is 0 Å². The van der Waals surface area contributed by atoms with Crippen LogP contribution in [0.3, 0.4) is 0 Å². The number of ether oxygens (including phenoxy) is 3. The molecule has 0 saturated carbocycles. The number of imide groups is 1. The molecule has 35 heavy (non-hydrogen) atoms. The van der Waals surface area contributed by atoms with E-state index in [1.807, 2.05) is 13.8 Å². The van der Waals surface area contributed by atoms with E-state index in [1.54, 1.807) is 41.5 Å². The molecule has 9 heteroatoms. The van der Waals surface area contributed by atoms with Gasteiger partial charge in [-0.15, -0.1) is 0 Å². The lowest BCUT2D eigenvalue weighted by Gasteiger charge is -2.28. The minimum atomic E-state index is -1.24. The topological polar surface area (TPSA) is 111 Å². The van der Waals surface area contributed by atoms with Crippen LogP contribution in [0.5, 0.6) is 0 Å². The molecule has 1 fully saturated rings. The van der Waals surface area contributed by atoms with Crippen molar-refractivity contribution in [1.82, 2.24) is 10.2 Å². The fourth-order valence-electron chi connectivity index (χ4n) is 3.81. The summed E-state index contributed by atoms with van der Waals surface area (Å²) in [5.74, 6) is -1.07. The predicted molar refractivity (Wildman–Crippen MR) is 133 cm³/mol. The van der Waals surface area contributed by atoms with E-state index in [4.69, 9.17) is 14.2 Å². The summed E-state index contributed by atoms with van der Waals surface area (Å²) in [5, 5.41) is 2.71. The second kappa shape index (κ2) is 13.1. The number of nitrogens with one attached hydrogen (secondary N) is 1. The largest absolute Gasteiger partial charge is 0.458 e. The monoisotopic (exact) mass is 498 g/mol. The van der Waals surface area contributed by atoms with E-state index in [0.717, 1.165) is 30.6 Å². The van der Waals surface area contributed by atoms with Crippen LogP contribution in [0, 0.1) is 5.92 Å². The molecule has 1 rings (SSSR count). The van der Waals surface area contributed by atoms with Gasteiger partial charge in [0, 0.05) is 0 Å². The van der Waals surface area contributed by atoms with Crippen molar-refractivity contribution in [3.05, 3.63) is 0 Å². The maximum atomic E-state index is 13.3. The summed E-state index contributed by atoms with van der Waals surface area (Å²) in [6.07, 6.45) is 2.57. The van der Waals surface area contributed by atoms with Crippen LogP contribution in [0.4, 0.5) is 9.59 Å². The number of carbonyl (C=O) groups excluding carboxylic acids is 4. The van der Waals surface area contributed by atoms with Gasteiger partial charge in [0.2, 0.25) is 6.10 Å². The van der Waals surface area contributed by atoms with E-state index in [9.17, 15) is 19.2 Å². The van der Waals surface area contributed by atoms with Gasteiger partial charge in [0.05, 0.1) is 6.04 Å². The van der Waals surface area contributed by atoms with E-state index < -0.39 is 53.5 Å². The van der Waals surface area contributed by atoms with Crippen LogP contribution >= 0.6 is 0 Å². The Balaban J connectivity index is 3.09. The third-order valence-corrected chi connectivity index (χ3v) is 5.27. The SMILES string of the molecule is CCCCCCC[C@@H]1[C@@H](C(=O)N[C@@H](CC(C)C)C(=O)OC(C)(C)C)OC(=O)N1C(=O)OC(C)(C)C. The number of cyclic esters (lactones) is 1. The summed E-state index contributed by atoms with van der Waals surface area (Å²) in [6, 6.07) is -1.72. The molecule has 0 unspecified atom stereocenters. The van der Waals surface area contributed by atoms with Crippen molar-refractivity contribution >= 4 is 24.1 Å². The number of hydrogen-bond acceptors (Lipinski definition) is 7. The molecule has 3 atom stereocenters. The van der Waals surface area contributed by atoms with Crippen LogP contribution in [0.2, 0.25) is 0 Å². The second-order valence-corrected chi connectivity index (χ2v) is 11.6. The summed E-state index contributed by atoms with van der Waals surface area (Å²) in [6.45, 7) is 16.4. The van der Waals surface area contributed by atoms with Gasteiger partial charge in [0.15, 0.2) is 0 Å². The first-order valence-electron chi connectivity index (χ1n) is 12.8. The van der Waals surface area contributed by atoms with Crippen molar-refractivity contribution in [2.75, 3.05) is 0 Å². The molecule has 0 aromatic carbocycles. The molecule has 9 nitrogen and oxygen atoms in total. The molecule has 1 N–H and O–H groups in total. The van der Waals surface area contributed by atoms with E-state index in [1.165, 1.54) is 0 Å². The van der Waals surface area contributed by atoms with Crippen LogP contribution < -0.4 is 5.32 Å². The van der Waals surface area contributed by atoms with Gasteiger partial charge in [-0.25, -0.2) is 19.3 Å². The smallest absolute Gasteiger partial charge is 0.420 e. The van der Waals surface area contributed by atoms with Crippen LogP contribution in [0.1, 0.15) is 107 Å². The van der Waals surface area contributed by atoms with Gasteiger partial charge in [-0.1, -0.05) is 52.9 Å². The third-order valence-electron chi connectivity index (χ3n) is 5.27. The van der Waals surface area contributed by atoms with Crippen LogP contribution in [-0.2, 0) is 23.8 Å². The Labute approximate surface area is 210 Å². The Hall–Kier alpha value is -2.32. The Morgan fingerprint density at radius 3 is 2.06 bits per heavy atom. The van der Waals surface area contributed by atoms with E-state index in [-0.39, 0.29) is 5.92 Å². The van der Waals surface area contributed by atoms with Crippen molar-refractivity contribution in [3.8, 4) is 0 Å². The van der Waals surface area contributed by atoms with Gasteiger partial charge in [-0.3, -0.25) is 4.79 Å². The summed E-state index contributed by atoms with van der Waals surface area (Å²) in [7, 11) is 0. The van der Waals surface area contributed by atoms with E-state index >= 15 is 0 Å². The maximum absolute atomic E-state index is 13.3. The van der Waals surface area contributed by atoms with Gasteiger partial charge in [-0.05, 0) is 60.3 Å². The Morgan fingerprint density at radius 1 is 0.971 bits per heavy atom. The minimum absolute atomic E-state index is 0.103. The van der Waals surface area contributed by atoms with Crippen LogP contribution in [-0.4, -0.2) is 58.4 Å². The average molecular weight is 499 g/mol. The van der Waals surface area contributed by atoms with Gasteiger partial charge in [0.1, 0.15) is 17.2 Å². The van der Waals surface area contributed by atoms with Gasteiger partial charge >= 0.3 is 18.2 Å². The predicted octanol–water partition coefficient (Wildman–Crippen LogP) is 5.34. The fourth-order valence-corrected chi connectivity index (χ4v) is 3.81. The summed E-state index contributed by atoms with van der Waals surface area (Å²) >= 11 is 0. The quantitative estimate of drug-likeness (QED) is 0.232. The number of rotatable bonds is 11. The molecule has 0 aliphatic carbocycles. The molecule has 0 spiro atoms. The molecule has 1 saturated heterocycles. The first-order valence-corrected chi connectivity index (χ1v) is 12.8. The highest BCUT2D eigenvalue weighted by molar-refractivity contribution is 5.96. The molecule has 1 aliphatic rings. The lowest BCUT2D eigenvalue weighted by molar-refractivity contribution is -0.159. The fraction of sp³-hybridized carbons (Fsp3) is 0.846. The molecular weight excluding hydrogens is 452 g/mol. The molecular formula is C26H46N2O7. The Morgan fingerprint density at radius 2 is 1.54 bits per heavy atom. The lowest BCUT2D eigenvalue weighted by atomic mass is 9.99. The van der Waals surface area contributed by atoms with Crippen molar-refractivity contribution in [2.45, 2.75) is 137 Å². The molecule has 1 heterocycles. The molecule has 202 valence electrons. The molecule has 0 radical (unpaired) electrons. The van der Waals surface area contributed by atoms with Crippen molar-refractivity contribution in [1.29, 1.82) is 0 Å². The standard InChI is InChI=1S/C26H46N2O7/c1-10-11-12-13-14-15-19-20(33-23(31)28(19)24(32)35-26(7,8)9)21(29)27-18(16-17(2)3)22(30)34-25(4,5)6/h17-20H,10-16H2,1-9H3,(H,27,29)/t18-,19+,20-/m0/s1. The maximum Gasteiger partial charge on any atom is 0.420 e. The summed E-state index contributed by atoms with van der Waals surface area (Å²) in [5.41, 5.74) is -1.53. The zero-order valence-corrected chi connectivity index (χ0v) is 23.1. The van der Waals surface area contributed by atoms with E-state index in [0.29, 0.717) is 19.3 Å². The average Bonchev–Trinajstić information content (AvgIpc) is 3.00. The zero-order valence-electron chi connectivity index (χ0n) is 23.1. The number of hydrogen-bond donors (Lipinski definition) is 1. The van der Waals surface area contributed by atoms with Gasteiger partial charge in [-0.2, -0.15) is 0 Å². The van der Waals surface area contributed by atoms with Gasteiger partial charge in [0.25, 0.3) is 5.91 Å². The first kappa shape index (κ1) is 30.7. The highest BCUT2D eigenvalue weighted by Crippen LogP contribution is 2.27. The number of carbonyl (C=O) groups is 4. The van der Waals surface area contributed by atoms with Crippen LogP contribution in [0.15, 0.2) is 0 Å². The normalized spacial score (nSPS) is 19.4. The molecule has 1 aliphatic heterocycles.